The van der Waals surface area contributed by atoms with Gasteiger partial charge in [0.1, 0.15) is 0 Å². The molecular formula is C18H28ClN3O3. The summed E-state index contributed by atoms with van der Waals surface area (Å²) in [6.45, 7) is 6.60. The normalized spacial score (nSPS) is 21.4. The maximum atomic E-state index is 12.6. The highest BCUT2D eigenvalue weighted by Gasteiger charge is 2.31. The number of nitrogens with one attached hydrogen (secondary N) is 1. The third-order valence-electron chi connectivity index (χ3n) is 4.31. The number of nitrogens with two attached hydrogens (primary N) is 1. The number of hydrogen-bond acceptors (Lipinski definition) is 4. The van der Waals surface area contributed by atoms with Gasteiger partial charge in [-0.3, -0.25) is 9.59 Å². The van der Waals surface area contributed by atoms with Crippen molar-refractivity contribution in [1.29, 1.82) is 0 Å². The Balaban J connectivity index is 0.00000312. The van der Waals surface area contributed by atoms with Crippen molar-refractivity contribution >= 4 is 24.2 Å². The van der Waals surface area contributed by atoms with Gasteiger partial charge in [0.05, 0.1) is 31.3 Å². The van der Waals surface area contributed by atoms with Gasteiger partial charge in [-0.1, -0.05) is 44.2 Å². The van der Waals surface area contributed by atoms with Crippen LogP contribution in [-0.4, -0.2) is 48.6 Å². The molecule has 3 N–H and O–H groups in total. The van der Waals surface area contributed by atoms with E-state index in [4.69, 9.17) is 10.5 Å². The number of morpholine rings is 1. The van der Waals surface area contributed by atoms with E-state index in [0.29, 0.717) is 13.2 Å². The third kappa shape index (κ3) is 5.70. The first kappa shape index (κ1) is 21.4. The van der Waals surface area contributed by atoms with Crippen LogP contribution in [0.4, 0.5) is 0 Å². The Kier molecular flexibility index (Phi) is 8.35. The quantitative estimate of drug-likeness (QED) is 0.823. The summed E-state index contributed by atoms with van der Waals surface area (Å²) < 4.78 is 5.72. The second-order valence-electron chi connectivity index (χ2n) is 6.60. The van der Waals surface area contributed by atoms with Crippen molar-refractivity contribution in [2.24, 2.45) is 11.7 Å². The third-order valence-corrected chi connectivity index (χ3v) is 4.31. The van der Waals surface area contributed by atoms with Gasteiger partial charge in [0.15, 0.2) is 0 Å². The zero-order chi connectivity index (χ0) is 17.7. The van der Waals surface area contributed by atoms with Crippen LogP contribution in [0.2, 0.25) is 0 Å². The molecule has 0 aliphatic carbocycles. The number of ether oxygens (including phenoxy) is 1. The predicted molar refractivity (Wildman–Crippen MR) is 99.4 cm³/mol. The lowest BCUT2D eigenvalue weighted by Crippen LogP contribution is -2.52. The van der Waals surface area contributed by atoms with Gasteiger partial charge < -0.3 is 20.7 Å². The van der Waals surface area contributed by atoms with E-state index < -0.39 is 6.04 Å². The fourth-order valence-electron chi connectivity index (χ4n) is 2.71. The summed E-state index contributed by atoms with van der Waals surface area (Å²) in [4.78, 5) is 26.4. The maximum Gasteiger partial charge on any atom is 0.242 e. The Bertz CT molecular complexity index is 568. The van der Waals surface area contributed by atoms with Crippen LogP contribution in [0.15, 0.2) is 30.3 Å². The van der Waals surface area contributed by atoms with E-state index in [0.717, 1.165) is 5.56 Å². The monoisotopic (exact) mass is 369 g/mol. The van der Waals surface area contributed by atoms with Crippen molar-refractivity contribution in [2.75, 3.05) is 19.7 Å². The van der Waals surface area contributed by atoms with Gasteiger partial charge in [-0.2, -0.15) is 0 Å². The van der Waals surface area contributed by atoms with Crippen LogP contribution in [0.25, 0.3) is 0 Å². The molecule has 0 bridgehead atoms. The molecule has 2 rings (SSSR count). The number of benzene rings is 1. The lowest BCUT2D eigenvalue weighted by Gasteiger charge is -2.39. The molecule has 25 heavy (non-hydrogen) atoms. The molecule has 6 nitrogen and oxygen atoms in total. The zero-order valence-electron chi connectivity index (χ0n) is 15.0. The number of nitrogens with zero attached hydrogens (tertiary/aromatic N) is 1. The SMILES string of the molecule is CC1CN(C(=O)CNC(=O)[C@@H](N)C(C)C)C(c2ccccc2)CO1.Cl. The van der Waals surface area contributed by atoms with E-state index in [1.165, 1.54) is 0 Å². The molecule has 1 heterocycles. The van der Waals surface area contributed by atoms with Crippen LogP contribution < -0.4 is 11.1 Å². The molecule has 7 heteroatoms. The molecule has 3 atom stereocenters. The maximum absolute atomic E-state index is 12.6. The molecule has 1 saturated heterocycles. The van der Waals surface area contributed by atoms with Crippen LogP contribution in [0.5, 0.6) is 0 Å². The molecule has 0 aromatic heterocycles. The van der Waals surface area contributed by atoms with E-state index in [-0.39, 0.29) is 48.8 Å². The summed E-state index contributed by atoms with van der Waals surface area (Å²) in [6, 6.07) is 9.06. The molecule has 1 aliphatic rings. The van der Waals surface area contributed by atoms with E-state index in [2.05, 4.69) is 5.32 Å². The lowest BCUT2D eigenvalue weighted by atomic mass is 10.0. The molecule has 1 aromatic rings. The largest absolute Gasteiger partial charge is 0.374 e. The summed E-state index contributed by atoms with van der Waals surface area (Å²) >= 11 is 0. The smallest absolute Gasteiger partial charge is 0.242 e. The minimum Gasteiger partial charge on any atom is -0.374 e. The van der Waals surface area contributed by atoms with Crippen molar-refractivity contribution in [3.05, 3.63) is 35.9 Å². The van der Waals surface area contributed by atoms with Gasteiger partial charge in [-0.25, -0.2) is 0 Å². The molecule has 140 valence electrons. The standard InChI is InChI=1S/C18H27N3O3.ClH/c1-12(2)17(19)18(23)20-9-16(22)21-10-13(3)24-11-15(21)14-7-5-4-6-8-14;/h4-8,12-13,15,17H,9-11,19H2,1-3H3,(H,20,23);1H/t13?,15?,17-;/m0./s1. The van der Waals surface area contributed by atoms with Gasteiger partial charge in [0.25, 0.3) is 0 Å². The first-order valence-electron chi connectivity index (χ1n) is 8.39. The Labute approximate surface area is 155 Å². The van der Waals surface area contributed by atoms with Gasteiger partial charge in [0, 0.05) is 6.54 Å². The fraction of sp³-hybridized carbons (Fsp3) is 0.556. The Hall–Kier alpha value is -1.63. The van der Waals surface area contributed by atoms with Crippen molar-refractivity contribution in [3.63, 3.8) is 0 Å². The summed E-state index contributed by atoms with van der Waals surface area (Å²) in [5.41, 5.74) is 6.84. The van der Waals surface area contributed by atoms with Crippen LogP contribution in [0.1, 0.15) is 32.4 Å². The van der Waals surface area contributed by atoms with Crippen molar-refractivity contribution < 1.29 is 14.3 Å². The average Bonchev–Trinajstić information content (AvgIpc) is 2.59. The van der Waals surface area contributed by atoms with E-state index in [1.54, 1.807) is 4.90 Å². The van der Waals surface area contributed by atoms with Crippen molar-refractivity contribution in [1.82, 2.24) is 10.2 Å². The molecule has 1 aliphatic heterocycles. The van der Waals surface area contributed by atoms with Gasteiger partial charge in [-0.05, 0) is 18.4 Å². The topological polar surface area (TPSA) is 84.7 Å². The minimum absolute atomic E-state index is 0. The van der Waals surface area contributed by atoms with Gasteiger partial charge in [0.2, 0.25) is 11.8 Å². The van der Waals surface area contributed by atoms with Crippen LogP contribution >= 0.6 is 12.4 Å². The van der Waals surface area contributed by atoms with Crippen molar-refractivity contribution in [2.45, 2.75) is 39.0 Å². The number of rotatable bonds is 5. The molecule has 0 radical (unpaired) electrons. The summed E-state index contributed by atoms with van der Waals surface area (Å²) in [5.74, 6) is -0.389. The van der Waals surface area contributed by atoms with E-state index in [9.17, 15) is 9.59 Å². The highest BCUT2D eigenvalue weighted by Crippen LogP contribution is 2.26. The number of halogens is 1. The lowest BCUT2D eigenvalue weighted by molar-refractivity contribution is -0.145. The molecule has 2 unspecified atom stereocenters. The number of amides is 2. The number of carbonyl (C=O) groups is 2. The first-order valence-corrected chi connectivity index (χ1v) is 8.39. The first-order chi connectivity index (χ1) is 11.4. The highest BCUT2D eigenvalue weighted by atomic mass is 35.5. The molecule has 1 fully saturated rings. The van der Waals surface area contributed by atoms with Crippen LogP contribution in [-0.2, 0) is 14.3 Å². The Morgan fingerprint density at radius 1 is 1.32 bits per heavy atom. The second-order valence-corrected chi connectivity index (χ2v) is 6.60. The predicted octanol–water partition coefficient (Wildman–Crippen LogP) is 1.50. The minimum atomic E-state index is -0.605. The summed E-state index contributed by atoms with van der Waals surface area (Å²) in [7, 11) is 0. The summed E-state index contributed by atoms with van der Waals surface area (Å²) in [5, 5.41) is 2.65. The fourth-order valence-corrected chi connectivity index (χ4v) is 2.71. The van der Waals surface area contributed by atoms with Gasteiger partial charge in [-0.15, -0.1) is 12.4 Å². The van der Waals surface area contributed by atoms with Crippen LogP contribution in [0.3, 0.4) is 0 Å². The van der Waals surface area contributed by atoms with Gasteiger partial charge >= 0.3 is 0 Å². The molecule has 0 spiro atoms. The molecular weight excluding hydrogens is 342 g/mol. The molecule has 2 amide bonds. The number of hydrogen-bond donors (Lipinski definition) is 2. The summed E-state index contributed by atoms with van der Waals surface area (Å²) in [6.07, 6.45) is -0.0254. The van der Waals surface area contributed by atoms with Crippen molar-refractivity contribution in [3.8, 4) is 0 Å². The van der Waals surface area contributed by atoms with E-state index in [1.807, 2.05) is 51.1 Å². The zero-order valence-corrected chi connectivity index (χ0v) is 15.8. The second kappa shape index (κ2) is 9.75. The Morgan fingerprint density at radius 3 is 2.56 bits per heavy atom. The van der Waals surface area contributed by atoms with Crippen LogP contribution in [0, 0.1) is 5.92 Å². The number of carbonyl (C=O) groups excluding carboxylic acids is 2. The average molecular weight is 370 g/mol. The Morgan fingerprint density at radius 2 is 1.96 bits per heavy atom. The molecule has 0 saturated carbocycles. The highest BCUT2D eigenvalue weighted by molar-refractivity contribution is 5.87. The van der Waals surface area contributed by atoms with E-state index >= 15 is 0 Å². The molecule has 1 aromatic carbocycles.